The highest BCUT2D eigenvalue weighted by Crippen LogP contribution is 2.25. The van der Waals surface area contributed by atoms with Gasteiger partial charge in [-0.05, 0) is 67.4 Å². The summed E-state index contributed by atoms with van der Waals surface area (Å²) >= 11 is 0. The number of nitrogens with one attached hydrogen (secondary N) is 1. The second-order valence-electron chi connectivity index (χ2n) is 8.79. The lowest BCUT2D eigenvalue weighted by atomic mass is 10.2. The van der Waals surface area contributed by atoms with Crippen LogP contribution in [0.1, 0.15) is 17.7 Å². The van der Waals surface area contributed by atoms with Crippen molar-refractivity contribution in [3.05, 3.63) is 78.2 Å². The van der Waals surface area contributed by atoms with Gasteiger partial charge >= 0.3 is 0 Å². The second kappa shape index (κ2) is 11.8. The smallest absolute Gasteiger partial charge is 0.227 e. The fourth-order valence-corrected chi connectivity index (χ4v) is 4.12. The van der Waals surface area contributed by atoms with Crippen molar-refractivity contribution in [2.24, 2.45) is 0 Å². The molecule has 0 unspecified atom stereocenters. The molecule has 0 spiro atoms. The Balaban J connectivity index is 1.15. The van der Waals surface area contributed by atoms with Crippen molar-refractivity contribution in [3.8, 4) is 11.5 Å². The Hall–Kier alpha value is -3.75. The summed E-state index contributed by atoms with van der Waals surface area (Å²) in [5.74, 6) is 2.21. The number of hydrogen-bond acceptors (Lipinski definition) is 8. The van der Waals surface area contributed by atoms with Crippen LogP contribution < -0.4 is 14.8 Å². The van der Waals surface area contributed by atoms with Gasteiger partial charge in [-0.15, -0.1) is 0 Å². The summed E-state index contributed by atoms with van der Waals surface area (Å²) in [6.45, 7) is 7.84. The monoisotopic (exact) mass is 485 g/mol. The van der Waals surface area contributed by atoms with Crippen molar-refractivity contribution in [2.45, 2.75) is 20.0 Å². The van der Waals surface area contributed by atoms with E-state index in [1.807, 2.05) is 67.7 Å². The van der Waals surface area contributed by atoms with E-state index in [0.717, 1.165) is 78.6 Å². The molecular weight excluding hydrogens is 454 g/mol. The summed E-state index contributed by atoms with van der Waals surface area (Å²) in [6.07, 6.45) is 4.58. The molecule has 2 aromatic carbocycles. The highest BCUT2D eigenvalue weighted by atomic mass is 16.5. The summed E-state index contributed by atoms with van der Waals surface area (Å²) in [4.78, 5) is 15.9. The van der Waals surface area contributed by atoms with Crippen molar-refractivity contribution < 1.29 is 14.2 Å². The van der Waals surface area contributed by atoms with Gasteiger partial charge in [-0.3, -0.25) is 9.88 Å². The highest BCUT2D eigenvalue weighted by Gasteiger charge is 2.10. The first-order valence-corrected chi connectivity index (χ1v) is 12.3. The van der Waals surface area contributed by atoms with Gasteiger partial charge in [0.15, 0.2) is 0 Å². The zero-order valence-electron chi connectivity index (χ0n) is 20.5. The molecule has 0 atom stereocenters. The Bertz CT molecular complexity index is 1280. The van der Waals surface area contributed by atoms with Crippen molar-refractivity contribution in [1.82, 2.24) is 19.9 Å². The van der Waals surface area contributed by atoms with Crippen LogP contribution in [-0.2, 0) is 11.3 Å². The number of benzene rings is 2. The molecule has 1 aliphatic rings. The number of aromatic nitrogens is 3. The van der Waals surface area contributed by atoms with E-state index in [1.54, 1.807) is 6.20 Å². The SMILES string of the molecule is Cc1cc(Nc2ncc3cc(OCCCN4CCOCC4)ccc3n2)ccc1OCc1ccccn1. The molecular formula is C28H31N5O3. The van der Waals surface area contributed by atoms with E-state index in [0.29, 0.717) is 19.2 Å². The average molecular weight is 486 g/mol. The topological polar surface area (TPSA) is 81.6 Å². The molecule has 0 saturated carbocycles. The number of morpholine rings is 1. The normalized spacial score (nSPS) is 14.0. The molecule has 4 aromatic rings. The Morgan fingerprint density at radius 3 is 2.75 bits per heavy atom. The molecule has 1 saturated heterocycles. The minimum absolute atomic E-state index is 0.432. The Kier molecular flexibility index (Phi) is 7.85. The molecule has 1 fully saturated rings. The molecule has 2 aromatic heterocycles. The number of pyridine rings is 1. The van der Waals surface area contributed by atoms with Crippen molar-refractivity contribution >= 4 is 22.5 Å². The van der Waals surface area contributed by atoms with Crippen LogP contribution in [0.5, 0.6) is 11.5 Å². The lowest BCUT2D eigenvalue weighted by Gasteiger charge is -2.26. The molecule has 0 radical (unpaired) electrons. The number of fused-ring (bicyclic) bond motifs is 1. The van der Waals surface area contributed by atoms with E-state index >= 15 is 0 Å². The van der Waals surface area contributed by atoms with Crippen molar-refractivity contribution in [3.63, 3.8) is 0 Å². The van der Waals surface area contributed by atoms with E-state index in [1.165, 1.54) is 0 Å². The van der Waals surface area contributed by atoms with Crippen molar-refractivity contribution in [2.75, 3.05) is 44.8 Å². The molecule has 8 nitrogen and oxygen atoms in total. The van der Waals surface area contributed by atoms with E-state index in [-0.39, 0.29) is 0 Å². The van der Waals surface area contributed by atoms with Gasteiger partial charge in [0.2, 0.25) is 5.95 Å². The lowest BCUT2D eigenvalue weighted by Crippen LogP contribution is -2.37. The van der Waals surface area contributed by atoms with Gasteiger partial charge in [-0.2, -0.15) is 0 Å². The third kappa shape index (κ3) is 6.47. The summed E-state index contributed by atoms with van der Waals surface area (Å²) < 4.78 is 17.3. The van der Waals surface area contributed by atoms with Crippen LogP contribution >= 0.6 is 0 Å². The largest absolute Gasteiger partial charge is 0.494 e. The third-order valence-electron chi connectivity index (χ3n) is 6.08. The Morgan fingerprint density at radius 2 is 1.92 bits per heavy atom. The van der Waals surface area contributed by atoms with Crippen LogP contribution in [0.2, 0.25) is 0 Å². The predicted octanol–water partition coefficient (Wildman–Crippen LogP) is 4.76. The van der Waals surface area contributed by atoms with Crippen molar-refractivity contribution in [1.29, 1.82) is 0 Å². The van der Waals surface area contributed by atoms with Crippen LogP contribution in [0, 0.1) is 6.92 Å². The fourth-order valence-electron chi connectivity index (χ4n) is 4.12. The molecule has 8 heteroatoms. The zero-order chi connectivity index (χ0) is 24.6. The maximum atomic E-state index is 5.96. The predicted molar refractivity (Wildman–Crippen MR) is 140 cm³/mol. The zero-order valence-corrected chi connectivity index (χ0v) is 20.5. The molecule has 186 valence electrons. The standard InChI is InChI=1S/C28H31N5O3/c1-21-17-23(6-9-27(21)36-20-24-5-2-3-10-29-24)31-28-30-19-22-18-25(7-8-26(22)32-28)35-14-4-11-33-12-15-34-16-13-33/h2-3,5-10,17-19H,4,11-16,20H2,1H3,(H,30,31,32). The molecule has 5 rings (SSSR count). The van der Waals surface area contributed by atoms with Gasteiger partial charge in [-0.25, -0.2) is 9.97 Å². The summed E-state index contributed by atoms with van der Waals surface area (Å²) in [7, 11) is 0. The lowest BCUT2D eigenvalue weighted by molar-refractivity contribution is 0.0358. The van der Waals surface area contributed by atoms with Crippen LogP contribution in [-0.4, -0.2) is 59.3 Å². The molecule has 1 N–H and O–H groups in total. The number of hydrogen-bond donors (Lipinski definition) is 1. The molecule has 0 amide bonds. The van der Waals surface area contributed by atoms with Gasteiger partial charge < -0.3 is 19.5 Å². The third-order valence-corrected chi connectivity index (χ3v) is 6.08. The van der Waals surface area contributed by atoms with Gasteiger partial charge in [0.05, 0.1) is 31.0 Å². The average Bonchev–Trinajstić information content (AvgIpc) is 2.92. The number of ether oxygens (including phenoxy) is 3. The maximum Gasteiger partial charge on any atom is 0.227 e. The fraction of sp³-hybridized carbons (Fsp3) is 0.321. The van der Waals surface area contributed by atoms with E-state index in [2.05, 4.69) is 25.2 Å². The molecule has 0 bridgehead atoms. The summed E-state index contributed by atoms with van der Waals surface area (Å²) in [5, 5.41) is 4.24. The highest BCUT2D eigenvalue weighted by molar-refractivity contribution is 5.80. The molecule has 0 aliphatic carbocycles. The summed E-state index contributed by atoms with van der Waals surface area (Å²) in [6, 6.07) is 17.7. The molecule has 1 aliphatic heterocycles. The van der Waals surface area contributed by atoms with E-state index in [9.17, 15) is 0 Å². The molecule has 36 heavy (non-hydrogen) atoms. The Morgan fingerprint density at radius 1 is 1.00 bits per heavy atom. The van der Waals surface area contributed by atoms with Crippen LogP contribution in [0.15, 0.2) is 67.0 Å². The second-order valence-corrected chi connectivity index (χ2v) is 8.79. The minimum atomic E-state index is 0.432. The quantitative estimate of drug-likeness (QED) is 0.322. The van der Waals surface area contributed by atoms with E-state index in [4.69, 9.17) is 14.2 Å². The maximum absolute atomic E-state index is 5.96. The first-order chi connectivity index (χ1) is 17.7. The summed E-state index contributed by atoms with van der Waals surface area (Å²) in [5.41, 5.74) is 3.68. The molecule has 3 heterocycles. The Labute approximate surface area is 211 Å². The number of nitrogens with zero attached hydrogens (tertiary/aromatic N) is 4. The van der Waals surface area contributed by atoms with Gasteiger partial charge in [-0.1, -0.05) is 6.07 Å². The van der Waals surface area contributed by atoms with Crippen LogP contribution in [0.3, 0.4) is 0 Å². The van der Waals surface area contributed by atoms with Gasteiger partial charge in [0.25, 0.3) is 0 Å². The van der Waals surface area contributed by atoms with Gasteiger partial charge in [0, 0.05) is 43.1 Å². The number of rotatable bonds is 10. The van der Waals surface area contributed by atoms with E-state index < -0.39 is 0 Å². The first-order valence-electron chi connectivity index (χ1n) is 12.3. The minimum Gasteiger partial charge on any atom is -0.494 e. The number of anilines is 2. The number of aryl methyl sites for hydroxylation is 1. The first kappa shape index (κ1) is 24.0. The van der Waals surface area contributed by atoms with Crippen LogP contribution in [0.4, 0.5) is 11.6 Å². The van der Waals surface area contributed by atoms with Crippen LogP contribution in [0.25, 0.3) is 10.9 Å². The van der Waals surface area contributed by atoms with Gasteiger partial charge in [0.1, 0.15) is 18.1 Å².